The van der Waals surface area contributed by atoms with E-state index < -0.39 is 0 Å². The number of benzene rings is 2. The van der Waals surface area contributed by atoms with Crippen LogP contribution in [-0.4, -0.2) is 13.7 Å². The average molecular weight is 212 g/mol. The van der Waals surface area contributed by atoms with E-state index in [2.05, 4.69) is 48.5 Å². The zero-order chi connectivity index (χ0) is 11.2. The molecule has 1 nitrogen and oxygen atoms in total. The molecule has 16 heavy (non-hydrogen) atoms. The molecule has 0 fully saturated rings. The highest BCUT2D eigenvalue weighted by Crippen LogP contribution is 2.23. The van der Waals surface area contributed by atoms with Crippen molar-refractivity contribution < 1.29 is 4.74 Å². The molecule has 0 radical (unpaired) electrons. The van der Waals surface area contributed by atoms with Crippen molar-refractivity contribution in [2.45, 2.75) is 6.42 Å². The molecule has 0 aliphatic heterocycles. The summed E-state index contributed by atoms with van der Waals surface area (Å²) in [5, 5.41) is 0. The van der Waals surface area contributed by atoms with Gasteiger partial charge in [-0.25, -0.2) is 0 Å². The fourth-order valence-electron chi connectivity index (χ4n) is 1.85. The first-order valence-corrected chi connectivity index (χ1v) is 5.54. The highest BCUT2D eigenvalue weighted by atomic mass is 16.5. The molecular formula is C15H16O. The summed E-state index contributed by atoms with van der Waals surface area (Å²) in [7, 11) is 1.74. The van der Waals surface area contributed by atoms with E-state index in [0.29, 0.717) is 0 Å². The van der Waals surface area contributed by atoms with E-state index in [1.165, 1.54) is 16.7 Å². The summed E-state index contributed by atoms with van der Waals surface area (Å²) >= 11 is 0. The van der Waals surface area contributed by atoms with Gasteiger partial charge in [0.1, 0.15) is 0 Å². The zero-order valence-corrected chi connectivity index (χ0v) is 9.52. The van der Waals surface area contributed by atoms with Gasteiger partial charge in [-0.1, -0.05) is 54.6 Å². The van der Waals surface area contributed by atoms with Crippen LogP contribution in [0.15, 0.2) is 54.6 Å². The average Bonchev–Trinajstić information content (AvgIpc) is 2.38. The zero-order valence-electron chi connectivity index (χ0n) is 9.52. The monoisotopic (exact) mass is 212 g/mol. The normalized spacial score (nSPS) is 10.3. The SMILES string of the molecule is COCCc1ccccc1-c1ccccc1. The standard InChI is InChI=1S/C15H16O/c1-16-12-11-14-9-5-6-10-15(14)13-7-3-2-4-8-13/h2-10H,11-12H2,1H3. The van der Waals surface area contributed by atoms with Crippen molar-refractivity contribution in [2.24, 2.45) is 0 Å². The Balaban J connectivity index is 2.33. The number of methoxy groups -OCH3 is 1. The minimum atomic E-state index is 0.768. The highest BCUT2D eigenvalue weighted by molar-refractivity contribution is 5.67. The first-order valence-electron chi connectivity index (χ1n) is 5.54. The molecule has 2 rings (SSSR count). The van der Waals surface area contributed by atoms with Crippen LogP contribution in [0, 0.1) is 0 Å². The van der Waals surface area contributed by atoms with Gasteiger partial charge in [0, 0.05) is 7.11 Å². The lowest BCUT2D eigenvalue weighted by Gasteiger charge is -2.08. The smallest absolute Gasteiger partial charge is 0.0502 e. The van der Waals surface area contributed by atoms with Crippen molar-refractivity contribution >= 4 is 0 Å². The molecule has 0 saturated carbocycles. The summed E-state index contributed by atoms with van der Waals surface area (Å²) in [6.07, 6.45) is 0.960. The minimum Gasteiger partial charge on any atom is -0.384 e. The van der Waals surface area contributed by atoms with Gasteiger partial charge in [-0.2, -0.15) is 0 Å². The Morgan fingerprint density at radius 2 is 1.56 bits per heavy atom. The molecule has 0 amide bonds. The third-order valence-corrected chi connectivity index (χ3v) is 2.68. The van der Waals surface area contributed by atoms with Gasteiger partial charge >= 0.3 is 0 Å². The first-order chi connectivity index (χ1) is 7.92. The summed E-state index contributed by atoms with van der Waals surface area (Å²) in [4.78, 5) is 0. The van der Waals surface area contributed by atoms with Crippen LogP contribution in [0.3, 0.4) is 0 Å². The minimum absolute atomic E-state index is 0.768. The van der Waals surface area contributed by atoms with Crippen LogP contribution >= 0.6 is 0 Å². The summed E-state index contributed by atoms with van der Waals surface area (Å²) in [5.74, 6) is 0. The molecule has 82 valence electrons. The molecule has 0 bridgehead atoms. The lowest BCUT2D eigenvalue weighted by atomic mass is 9.98. The Kier molecular flexibility index (Phi) is 3.73. The van der Waals surface area contributed by atoms with E-state index in [9.17, 15) is 0 Å². The molecule has 2 aromatic rings. The molecule has 0 heterocycles. The Bertz CT molecular complexity index is 434. The number of ether oxygens (including phenoxy) is 1. The lowest BCUT2D eigenvalue weighted by molar-refractivity contribution is 0.202. The quantitative estimate of drug-likeness (QED) is 0.753. The predicted molar refractivity (Wildman–Crippen MR) is 67.5 cm³/mol. The molecule has 0 spiro atoms. The number of hydrogen-bond acceptors (Lipinski definition) is 1. The lowest BCUT2D eigenvalue weighted by Crippen LogP contribution is -1.96. The van der Waals surface area contributed by atoms with Crippen molar-refractivity contribution in [3.8, 4) is 11.1 Å². The van der Waals surface area contributed by atoms with E-state index in [1.54, 1.807) is 7.11 Å². The summed E-state index contributed by atoms with van der Waals surface area (Å²) in [6.45, 7) is 0.768. The van der Waals surface area contributed by atoms with Crippen LogP contribution in [0.2, 0.25) is 0 Å². The second-order valence-electron chi connectivity index (χ2n) is 3.77. The van der Waals surface area contributed by atoms with Gasteiger partial charge in [-0.05, 0) is 23.1 Å². The van der Waals surface area contributed by atoms with Crippen molar-refractivity contribution in [1.29, 1.82) is 0 Å². The van der Waals surface area contributed by atoms with Crippen LogP contribution in [0.5, 0.6) is 0 Å². The largest absolute Gasteiger partial charge is 0.384 e. The second kappa shape index (κ2) is 5.47. The Morgan fingerprint density at radius 1 is 0.875 bits per heavy atom. The summed E-state index contributed by atoms with van der Waals surface area (Å²) < 4.78 is 5.14. The number of rotatable bonds is 4. The van der Waals surface area contributed by atoms with E-state index in [4.69, 9.17) is 4.74 Å². The predicted octanol–water partition coefficient (Wildman–Crippen LogP) is 3.54. The topological polar surface area (TPSA) is 9.23 Å². The van der Waals surface area contributed by atoms with Gasteiger partial charge in [-0.3, -0.25) is 0 Å². The fourth-order valence-corrected chi connectivity index (χ4v) is 1.85. The van der Waals surface area contributed by atoms with Crippen LogP contribution < -0.4 is 0 Å². The van der Waals surface area contributed by atoms with Crippen molar-refractivity contribution in [3.63, 3.8) is 0 Å². The van der Waals surface area contributed by atoms with E-state index in [-0.39, 0.29) is 0 Å². The third kappa shape index (κ3) is 2.50. The van der Waals surface area contributed by atoms with Crippen molar-refractivity contribution in [2.75, 3.05) is 13.7 Å². The number of hydrogen-bond donors (Lipinski definition) is 0. The Hall–Kier alpha value is -1.60. The fraction of sp³-hybridized carbons (Fsp3) is 0.200. The van der Waals surface area contributed by atoms with Gasteiger partial charge in [0.15, 0.2) is 0 Å². The molecular weight excluding hydrogens is 196 g/mol. The molecule has 1 heteroatoms. The van der Waals surface area contributed by atoms with Crippen LogP contribution in [0.1, 0.15) is 5.56 Å². The second-order valence-corrected chi connectivity index (χ2v) is 3.77. The van der Waals surface area contributed by atoms with Gasteiger partial charge in [0.05, 0.1) is 6.61 Å². The summed E-state index contributed by atoms with van der Waals surface area (Å²) in [6, 6.07) is 19.0. The van der Waals surface area contributed by atoms with Crippen molar-refractivity contribution in [3.05, 3.63) is 60.2 Å². The van der Waals surface area contributed by atoms with E-state index >= 15 is 0 Å². The molecule has 2 aromatic carbocycles. The molecule has 0 saturated heterocycles. The molecule has 0 unspecified atom stereocenters. The van der Waals surface area contributed by atoms with E-state index in [0.717, 1.165) is 13.0 Å². The highest BCUT2D eigenvalue weighted by Gasteiger charge is 2.03. The van der Waals surface area contributed by atoms with Gasteiger partial charge < -0.3 is 4.74 Å². The molecule has 0 atom stereocenters. The van der Waals surface area contributed by atoms with Crippen LogP contribution in [0.4, 0.5) is 0 Å². The molecule has 0 aliphatic carbocycles. The maximum absolute atomic E-state index is 5.14. The van der Waals surface area contributed by atoms with E-state index in [1.807, 2.05) is 6.07 Å². The molecule has 0 aromatic heterocycles. The van der Waals surface area contributed by atoms with Gasteiger partial charge in [0.2, 0.25) is 0 Å². The summed E-state index contributed by atoms with van der Waals surface area (Å²) in [5.41, 5.74) is 3.92. The van der Waals surface area contributed by atoms with Crippen LogP contribution in [0.25, 0.3) is 11.1 Å². The first kappa shape index (κ1) is 10.9. The van der Waals surface area contributed by atoms with Gasteiger partial charge in [-0.15, -0.1) is 0 Å². The Labute approximate surface area is 96.7 Å². The molecule has 0 N–H and O–H groups in total. The molecule has 0 aliphatic rings. The van der Waals surface area contributed by atoms with Gasteiger partial charge in [0.25, 0.3) is 0 Å². The maximum Gasteiger partial charge on any atom is 0.0502 e. The van der Waals surface area contributed by atoms with Crippen molar-refractivity contribution in [1.82, 2.24) is 0 Å². The Morgan fingerprint density at radius 3 is 2.31 bits per heavy atom. The van der Waals surface area contributed by atoms with Crippen LogP contribution in [-0.2, 0) is 11.2 Å². The third-order valence-electron chi connectivity index (χ3n) is 2.68. The maximum atomic E-state index is 5.14.